The Bertz CT molecular complexity index is 324. The highest BCUT2D eigenvalue weighted by atomic mass is 28.4. The monoisotopic (exact) mass is 346 g/mol. The van der Waals surface area contributed by atoms with Gasteiger partial charge in [0.2, 0.25) is 0 Å². The Labute approximate surface area is 143 Å². The zero-order chi connectivity index (χ0) is 17.7. The van der Waals surface area contributed by atoms with Gasteiger partial charge in [-0.2, -0.15) is 0 Å². The fourth-order valence-electron chi connectivity index (χ4n) is 4.26. The average molecular weight is 347 g/mol. The molecule has 0 saturated heterocycles. The topological polar surface area (TPSA) is 58.9 Å². The van der Waals surface area contributed by atoms with Crippen LogP contribution in [-0.2, 0) is 9.16 Å². The van der Waals surface area contributed by atoms with Gasteiger partial charge in [-0.15, -0.1) is 0 Å². The van der Waals surface area contributed by atoms with Gasteiger partial charge in [0.05, 0.1) is 13.2 Å². The van der Waals surface area contributed by atoms with Crippen molar-refractivity contribution >= 4 is 8.32 Å². The lowest BCUT2D eigenvalue weighted by Crippen LogP contribution is -2.47. The van der Waals surface area contributed by atoms with Crippen LogP contribution < -0.4 is 0 Å². The van der Waals surface area contributed by atoms with E-state index in [9.17, 15) is 5.11 Å². The van der Waals surface area contributed by atoms with Gasteiger partial charge in [0.25, 0.3) is 0 Å². The standard InChI is InChI=1S/C18H38O4Si/c1-14(2)23(15(3)4,16(5)6)22-11-8-7-9-17-13-18(17,20)21-12-10-19/h14-17,19-20H,7-13H2,1-6H3/t17-,18+/m0/s1. The molecule has 1 aliphatic rings. The summed E-state index contributed by atoms with van der Waals surface area (Å²) in [7, 11) is -1.74. The molecule has 0 heterocycles. The molecule has 0 bridgehead atoms. The maximum Gasteiger partial charge on any atom is 0.200 e. The Morgan fingerprint density at radius 3 is 2.04 bits per heavy atom. The summed E-state index contributed by atoms with van der Waals surface area (Å²) in [6.45, 7) is 14.9. The van der Waals surface area contributed by atoms with Crippen LogP contribution in [0.3, 0.4) is 0 Å². The number of ether oxygens (including phenoxy) is 1. The van der Waals surface area contributed by atoms with Crippen LogP contribution in [0.5, 0.6) is 0 Å². The van der Waals surface area contributed by atoms with Crippen molar-refractivity contribution in [2.24, 2.45) is 5.92 Å². The van der Waals surface area contributed by atoms with Gasteiger partial charge in [-0.1, -0.05) is 48.0 Å². The molecule has 23 heavy (non-hydrogen) atoms. The molecule has 138 valence electrons. The molecule has 1 saturated carbocycles. The number of rotatable bonds is 12. The molecule has 0 aromatic heterocycles. The van der Waals surface area contributed by atoms with Crippen molar-refractivity contribution in [3.63, 3.8) is 0 Å². The van der Waals surface area contributed by atoms with Crippen molar-refractivity contribution in [3.8, 4) is 0 Å². The Balaban J connectivity index is 2.31. The molecular formula is C18H38O4Si. The molecule has 1 fully saturated rings. The van der Waals surface area contributed by atoms with Crippen LogP contribution in [0.4, 0.5) is 0 Å². The highest BCUT2D eigenvalue weighted by Crippen LogP contribution is 2.47. The summed E-state index contributed by atoms with van der Waals surface area (Å²) < 4.78 is 11.8. The number of unbranched alkanes of at least 4 members (excludes halogenated alkanes) is 1. The third kappa shape index (κ3) is 5.26. The highest BCUT2D eigenvalue weighted by Gasteiger charge is 2.53. The summed E-state index contributed by atoms with van der Waals surface area (Å²) in [5, 5.41) is 18.8. The van der Waals surface area contributed by atoms with Gasteiger partial charge in [-0.25, -0.2) is 0 Å². The molecule has 0 aliphatic heterocycles. The van der Waals surface area contributed by atoms with E-state index in [1.54, 1.807) is 0 Å². The first-order valence-corrected chi connectivity index (χ1v) is 11.5. The van der Waals surface area contributed by atoms with E-state index in [1.807, 2.05) is 0 Å². The molecule has 1 aliphatic carbocycles. The van der Waals surface area contributed by atoms with Crippen molar-refractivity contribution in [1.29, 1.82) is 0 Å². The maximum absolute atomic E-state index is 10.1. The van der Waals surface area contributed by atoms with Crippen LogP contribution in [0.25, 0.3) is 0 Å². The third-order valence-corrected chi connectivity index (χ3v) is 11.6. The highest BCUT2D eigenvalue weighted by molar-refractivity contribution is 6.77. The van der Waals surface area contributed by atoms with Crippen molar-refractivity contribution in [2.75, 3.05) is 19.8 Å². The zero-order valence-electron chi connectivity index (χ0n) is 16.0. The second kappa shape index (κ2) is 8.95. The number of aliphatic hydroxyl groups is 2. The second-order valence-corrected chi connectivity index (χ2v) is 13.4. The smallest absolute Gasteiger partial charge is 0.200 e. The summed E-state index contributed by atoms with van der Waals surface area (Å²) in [4.78, 5) is 0. The molecule has 2 N–H and O–H groups in total. The van der Waals surface area contributed by atoms with E-state index in [4.69, 9.17) is 14.3 Å². The van der Waals surface area contributed by atoms with Crippen molar-refractivity contribution in [1.82, 2.24) is 0 Å². The van der Waals surface area contributed by atoms with Gasteiger partial charge >= 0.3 is 0 Å². The second-order valence-electron chi connectivity index (χ2n) is 7.98. The van der Waals surface area contributed by atoms with Gasteiger partial charge < -0.3 is 19.4 Å². The first kappa shape index (κ1) is 21.1. The molecule has 0 aromatic rings. The predicted octanol–water partition coefficient (Wildman–Crippen LogP) is 4.07. The van der Waals surface area contributed by atoms with E-state index in [-0.39, 0.29) is 19.1 Å². The lowest BCUT2D eigenvalue weighted by molar-refractivity contribution is -0.143. The lowest BCUT2D eigenvalue weighted by atomic mass is 10.2. The molecule has 2 atom stereocenters. The Hall–Kier alpha value is 0.0569. The summed E-state index contributed by atoms with van der Waals surface area (Å²) in [5.41, 5.74) is 1.88. The average Bonchev–Trinajstić information content (AvgIpc) is 3.10. The first-order chi connectivity index (χ1) is 10.7. The van der Waals surface area contributed by atoms with E-state index >= 15 is 0 Å². The minimum absolute atomic E-state index is 0.0326. The molecule has 0 aromatic carbocycles. The Morgan fingerprint density at radius 1 is 1.00 bits per heavy atom. The largest absolute Gasteiger partial charge is 0.416 e. The molecule has 0 radical (unpaired) electrons. The maximum atomic E-state index is 10.1. The van der Waals surface area contributed by atoms with E-state index in [2.05, 4.69) is 41.5 Å². The summed E-state index contributed by atoms with van der Waals surface area (Å²) in [6, 6.07) is 0. The minimum atomic E-state index is -1.74. The van der Waals surface area contributed by atoms with Crippen LogP contribution in [0.1, 0.15) is 67.2 Å². The molecular weight excluding hydrogens is 308 g/mol. The first-order valence-electron chi connectivity index (χ1n) is 9.31. The quantitative estimate of drug-likeness (QED) is 0.318. The molecule has 0 spiro atoms. The zero-order valence-corrected chi connectivity index (χ0v) is 17.0. The van der Waals surface area contributed by atoms with Gasteiger partial charge in [0.1, 0.15) is 0 Å². The van der Waals surface area contributed by atoms with E-state index < -0.39 is 14.1 Å². The van der Waals surface area contributed by atoms with Crippen molar-refractivity contribution < 1.29 is 19.4 Å². The van der Waals surface area contributed by atoms with E-state index in [0.29, 0.717) is 23.0 Å². The lowest BCUT2D eigenvalue weighted by Gasteiger charge is -2.42. The van der Waals surface area contributed by atoms with Gasteiger partial charge in [0, 0.05) is 18.9 Å². The summed E-state index contributed by atoms with van der Waals surface area (Å²) in [6.07, 6.45) is 3.79. The fraction of sp³-hybridized carbons (Fsp3) is 1.00. The number of hydrogen-bond donors (Lipinski definition) is 2. The van der Waals surface area contributed by atoms with E-state index in [1.165, 1.54) is 0 Å². The molecule has 5 heteroatoms. The SMILES string of the molecule is CC(C)[Si](OCCCC[C@H]1C[C@@]1(O)OCCO)(C(C)C)C(C)C. The summed E-state index contributed by atoms with van der Waals surface area (Å²) in [5.74, 6) is -0.730. The van der Waals surface area contributed by atoms with Crippen LogP contribution in [-0.4, -0.2) is 44.1 Å². The minimum Gasteiger partial charge on any atom is -0.416 e. The van der Waals surface area contributed by atoms with Gasteiger partial charge in [-0.3, -0.25) is 0 Å². The van der Waals surface area contributed by atoms with Crippen LogP contribution in [0.15, 0.2) is 0 Å². The van der Waals surface area contributed by atoms with Crippen LogP contribution in [0.2, 0.25) is 16.6 Å². The van der Waals surface area contributed by atoms with Crippen LogP contribution in [0, 0.1) is 5.92 Å². The molecule has 0 amide bonds. The number of hydrogen-bond acceptors (Lipinski definition) is 4. The van der Waals surface area contributed by atoms with Crippen LogP contribution >= 0.6 is 0 Å². The fourth-order valence-corrected chi connectivity index (χ4v) is 9.76. The van der Waals surface area contributed by atoms with E-state index in [0.717, 1.165) is 25.9 Å². The summed E-state index contributed by atoms with van der Waals surface area (Å²) >= 11 is 0. The number of aliphatic hydroxyl groups excluding tert-OH is 1. The predicted molar refractivity (Wildman–Crippen MR) is 96.9 cm³/mol. The Morgan fingerprint density at radius 2 is 1.57 bits per heavy atom. The van der Waals surface area contributed by atoms with Gasteiger partial charge in [-0.05, 0) is 29.5 Å². The normalized spacial score (nSPS) is 24.9. The van der Waals surface area contributed by atoms with Crippen molar-refractivity contribution in [3.05, 3.63) is 0 Å². The van der Waals surface area contributed by atoms with Crippen molar-refractivity contribution in [2.45, 2.75) is 89.6 Å². The molecule has 1 rings (SSSR count). The molecule has 4 nitrogen and oxygen atoms in total. The Kier molecular flexibility index (Phi) is 8.21. The third-order valence-electron chi connectivity index (χ3n) is 5.47. The molecule has 0 unspecified atom stereocenters. The van der Waals surface area contributed by atoms with Gasteiger partial charge in [0.15, 0.2) is 14.1 Å².